The number of rotatable bonds is 4. The summed E-state index contributed by atoms with van der Waals surface area (Å²) >= 11 is 0. The Morgan fingerprint density at radius 3 is 2.53 bits per heavy atom. The van der Waals surface area contributed by atoms with E-state index in [4.69, 9.17) is 4.74 Å². The molecule has 0 aromatic carbocycles. The van der Waals surface area contributed by atoms with Gasteiger partial charge in [-0.05, 0) is 24.8 Å². The summed E-state index contributed by atoms with van der Waals surface area (Å²) < 4.78 is 5.36. The van der Waals surface area contributed by atoms with Gasteiger partial charge >= 0.3 is 0 Å². The van der Waals surface area contributed by atoms with E-state index in [0.717, 1.165) is 32.7 Å². The average molecular weight is 209 g/mol. The fraction of sp³-hybridized carbons (Fsp3) is 0.692. The van der Waals surface area contributed by atoms with E-state index in [-0.39, 0.29) is 0 Å². The van der Waals surface area contributed by atoms with Crippen LogP contribution in [0, 0.1) is 5.92 Å². The molecule has 0 saturated carbocycles. The second-order valence-corrected chi connectivity index (χ2v) is 4.11. The van der Waals surface area contributed by atoms with Crippen molar-refractivity contribution in [3.05, 3.63) is 23.9 Å². The van der Waals surface area contributed by atoms with Gasteiger partial charge in [-0.25, -0.2) is 0 Å². The van der Waals surface area contributed by atoms with Gasteiger partial charge in [-0.1, -0.05) is 26.5 Å². The summed E-state index contributed by atoms with van der Waals surface area (Å²) in [7, 11) is 0. The maximum atomic E-state index is 5.36. The van der Waals surface area contributed by atoms with Crippen molar-refractivity contribution in [3.8, 4) is 0 Å². The zero-order valence-electron chi connectivity index (χ0n) is 10.3. The van der Waals surface area contributed by atoms with Crippen molar-refractivity contribution in [2.24, 2.45) is 5.92 Å². The highest BCUT2D eigenvalue weighted by Crippen LogP contribution is 2.24. The molecule has 1 unspecified atom stereocenters. The van der Waals surface area contributed by atoms with Gasteiger partial charge in [0.15, 0.2) is 0 Å². The number of hydrogen-bond acceptors (Lipinski definition) is 2. The second-order valence-electron chi connectivity index (χ2n) is 4.11. The van der Waals surface area contributed by atoms with Crippen molar-refractivity contribution in [2.75, 3.05) is 26.3 Å². The minimum Gasteiger partial charge on any atom is -0.378 e. The van der Waals surface area contributed by atoms with E-state index < -0.39 is 0 Å². The molecule has 0 aliphatic carbocycles. The predicted octanol–water partition coefficient (Wildman–Crippen LogP) is 2.82. The first-order chi connectivity index (χ1) is 7.20. The Morgan fingerprint density at radius 2 is 2.07 bits per heavy atom. The Morgan fingerprint density at radius 1 is 1.47 bits per heavy atom. The first kappa shape index (κ1) is 12.3. The lowest BCUT2D eigenvalue weighted by molar-refractivity contribution is 0.0541. The molecule has 0 aromatic rings. The molecular formula is C13H23NO. The molecule has 0 N–H and O–H groups in total. The fourth-order valence-corrected chi connectivity index (χ4v) is 1.87. The summed E-state index contributed by atoms with van der Waals surface area (Å²) in [5, 5.41) is 0. The smallest absolute Gasteiger partial charge is 0.0642 e. The van der Waals surface area contributed by atoms with Gasteiger partial charge in [0, 0.05) is 18.8 Å². The van der Waals surface area contributed by atoms with Gasteiger partial charge in [-0.15, -0.1) is 0 Å². The van der Waals surface area contributed by atoms with Crippen LogP contribution in [-0.2, 0) is 4.74 Å². The molecule has 2 heteroatoms. The van der Waals surface area contributed by atoms with Crippen molar-refractivity contribution < 1.29 is 4.74 Å². The van der Waals surface area contributed by atoms with Gasteiger partial charge in [-0.3, -0.25) is 0 Å². The quantitative estimate of drug-likeness (QED) is 0.660. The molecule has 0 bridgehead atoms. The van der Waals surface area contributed by atoms with Crippen molar-refractivity contribution in [1.29, 1.82) is 0 Å². The Kier molecular flexibility index (Phi) is 4.89. The highest BCUT2D eigenvalue weighted by atomic mass is 16.5. The third-order valence-electron chi connectivity index (χ3n) is 3.16. The lowest BCUT2D eigenvalue weighted by Gasteiger charge is -2.33. The highest BCUT2D eigenvalue weighted by Gasteiger charge is 2.17. The van der Waals surface area contributed by atoms with Gasteiger partial charge < -0.3 is 9.64 Å². The van der Waals surface area contributed by atoms with Crippen LogP contribution < -0.4 is 0 Å². The second kappa shape index (κ2) is 5.96. The van der Waals surface area contributed by atoms with Crippen LogP contribution in [0.5, 0.6) is 0 Å². The minimum absolute atomic E-state index is 0.569. The normalized spacial score (nSPS) is 20.2. The van der Waals surface area contributed by atoms with Crippen LogP contribution in [0.4, 0.5) is 0 Å². The lowest BCUT2D eigenvalue weighted by Crippen LogP contribution is -2.36. The number of ether oxygens (including phenoxy) is 1. The van der Waals surface area contributed by atoms with Gasteiger partial charge in [0.05, 0.1) is 13.2 Å². The third-order valence-corrected chi connectivity index (χ3v) is 3.16. The molecule has 0 aromatic heterocycles. The molecule has 0 spiro atoms. The molecule has 1 saturated heterocycles. The minimum atomic E-state index is 0.569. The average Bonchev–Trinajstić information content (AvgIpc) is 2.30. The first-order valence-corrected chi connectivity index (χ1v) is 5.88. The SMILES string of the molecule is C=C(C(=CC)N1CCOCC1)C(C)CC. The lowest BCUT2D eigenvalue weighted by atomic mass is 9.96. The Balaban J connectivity index is 2.66. The first-order valence-electron chi connectivity index (χ1n) is 5.88. The van der Waals surface area contributed by atoms with Crippen molar-refractivity contribution in [1.82, 2.24) is 4.90 Å². The number of allylic oxidation sites excluding steroid dienone is 2. The monoisotopic (exact) mass is 209 g/mol. The summed E-state index contributed by atoms with van der Waals surface area (Å²) in [6.45, 7) is 14.4. The van der Waals surface area contributed by atoms with Crippen LogP contribution in [-0.4, -0.2) is 31.2 Å². The van der Waals surface area contributed by atoms with Crippen LogP contribution in [0.15, 0.2) is 23.9 Å². The van der Waals surface area contributed by atoms with E-state index in [1.165, 1.54) is 11.3 Å². The van der Waals surface area contributed by atoms with Gasteiger partial charge in [0.1, 0.15) is 0 Å². The summed E-state index contributed by atoms with van der Waals surface area (Å²) in [5.74, 6) is 0.569. The zero-order chi connectivity index (χ0) is 11.3. The highest BCUT2D eigenvalue weighted by molar-refractivity contribution is 5.28. The standard InChI is InChI=1S/C13H23NO/c1-5-11(3)12(4)13(6-2)14-7-9-15-10-8-14/h6,11H,4-5,7-10H2,1-3H3. The molecule has 1 heterocycles. The van der Waals surface area contributed by atoms with E-state index in [1.807, 2.05) is 0 Å². The molecule has 0 radical (unpaired) electrons. The van der Waals surface area contributed by atoms with Gasteiger partial charge in [0.2, 0.25) is 0 Å². The Bertz CT molecular complexity index is 239. The van der Waals surface area contributed by atoms with Crippen LogP contribution in [0.2, 0.25) is 0 Å². The topological polar surface area (TPSA) is 12.5 Å². The Hall–Kier alpha value is -0.760. The Labute approximate surface area is 93.6 Å². The predicted molar refractivity (Wildman–Crippen MR) is 64.7 cm³/mol. The van der Waals surface area contributed by atoms with Gasteiger partial charge in [-0.2, -0.15) is 0 Å². The molecular weight excluding hydrogens is 186 g/mol. The number of hydrogen-bond donors (Lipinski definition) is 0. The largest absolute Gasteiger partial charge is 0.378 e. The molecule has 86 valence electrons. The molecule has 15 heavy (non-hydrogen) atoms. The van der Waals surface area contributed by atoms with E-state index in [9.17, 15) is 0 Å². The maximum absolute atomic E-state index is 5.36. The summed E-state index contributed by atoms with van der Waals surface area (Å²) in [6, 6.07) is 0. The van der Waals surface area contributed by atoms with E-state index >= 15 is 0 Å². The molecule has 1 fully saturated rings. The van der Waals surface area contributed by atoms with Crippen LogP contribution in [0.1, 0.15) is 27.2 Å². The number of nitrogens with zero attached hydrogens (tertiary/aromatic N) is 1. The molecule has 1 rings (SSSR count). The molecule has 0 amide bonds. The summed E-state index contributed by atoms with van der Waals surface area (Å²) in [4.78, 5) is 2.39. The van der Waals surface area contributed by atoms with Crippen molar-refractivity contribution in [2.45, 2.75) is 27.2 Å². The molecule has 2 nitrogen and oxygen atoms in total. The summed E-state index contributed by atoms with van der Waals surface area (Å²) in [5.41, 5.74) is 2.58. The molecule has 1 atom stereocenters. The zero-order valence-corrected chi connectivity index (χ0v) is 10.3. The fourth-order valence-electron chi connectivity index (χ4n) is 1.87. The number of morpholine rings is 1. The van der Waals surface area contributed by atoms with Gasteiger partial charge in [0.25, 0.3) is 0 Å². The molecule has 1 aliphatic rings. The van der Waals surface area contributed by atoms with Crippen molar-refractivity contribution >= 4 is 0 Å². The van der Waals surface area contributed by atoms with E-state index in [2.05, 4.69) is 38.3 Å². The van der Waals surface area contributed by atoms with Crippen LogP contribution in [0.3, 0.4) is 0 Å². The maximum Gasteiger partial charge on any atom is 0.0642 e. The molecule has 1 aliphatic heterocycles. The van der Waals surface area contributed by atoms with Crippen molar-refractivity contribution in [3.63, 3.8) is 0 Å². The van der Waals surface area contributed by atoms with E-state index in [1.54, 1.807) is 0 Å². The van der Waals surface area contributed by atoms with E-state index in [0.29, 0.717) is 5.92 Å². The van der Waals surface area contributed by atoms with Crippen LogP contribution >= 0.6 is 0 Å². The van der Waals surface area contributed by atoms with Crippen LogP contribution in [0.25, 0.3) is 0 Å². The third kappa shape index (κ3) is 3.10. The summed E-state index contributed by atoms with van der Waals surface area (Å²) in [6.07, 6.45) is 3.33.